The summed E-state index contributed by atoms with van der Waals surface area (Å²) in [5, 5.41) is 7.23. The second-order valence-corrected chi connectivity index (χ2v) is 8.14. The van der Waals surface area contributed by atoms with Crippen LogP contribution in [0.2, 0.25) is 5.02 Å². The van der Waals surface area contributed by atoms with E-state index in [1.165, 1.54) is 6.07 Å². The fourth-order valence-electron chi connectivity index (χ4n) is 1.90. The van der Waals surface area contributed by atoms with Crippen LogP contribution in [0.1, 0.15) is 23.1 Å². The van der Waals surface area contributed by atoms with E-state index in [1.807, 2.05) is 0 Å². The van der Waals surface area contributed by atoms with Crippen molar-refractivity contribution in [2.24, 2.45) is 0 Å². The second kappa shape index (κ2) is 6.06. The maximum absolute atomic E-state index is 11.4. The van der Waals surface area contributed by atoms with Crippen LogP contribution < -0.4 is 0 Å². The Balaban J connectivity index is 2.51. The molecule has 0 amide bonds. The number of imidazole rings is 1. The van der Waals surface area contributed by atoms with Crippen LogP contribution >= 0.6 is 11.6 Å². The first kappa shape index (κ1) is 17.6. The molecule has 123 valence electrons. The van der Waals surface area contributed by atoms with Crippen molar-refractivity contribution >= 4 is 42.9 Å². The summed E-state index contributed by atoms with van der Waals surface area (Å²) in [6, 6.07) is 5.67. The van der Waals surface area contributed by atoms with Crippen LogP contribution in [0, 0.1) is 17.4 Å². The van der Waals surface area contributed by atoms with E-state index in [0.29, 0.717) is 0 Å². The number of H-pyrrole nitrogens is 1. The molecule has 1 aromatic heterocycles. The number of fused-ring (bicyclic) bond motifs is 1. The highest BCUT2D eigenvalue weighted by Gasteiger charge is 2.30. The van der Waals surface area contributed by atoms with Crippen LogP contribution in [-0.2, 0) is 20.2 Å². The van der Waals surface area contributed by atoms with Crippen molar-refractivity contribution in [2.75, 3.05) is 5.75 Å². The number of benzene rings is 1. The summed E-state index contributed by atoms with van der Waals surface area (Å²) in [5.74, 6) is -1.14. The van der Waals surface area contributed by atoms with Crippen LogP contribution in [-0.4, -0.2) is 41.7 Å². The monoisotopic (exact) mass is 378 g/mol. The van der Waals surface area contributed by atoms with Crippen molar-refractivity contribution in [1.29, 1.82) is 5.26 Å². The van der Waals surface area contributed by atoms with Gasteiger partial charge in [0.1, 0.15) is 17.1 Å². The van der Waals surface area contributed by atoms with E-state index in [9.17, 15) is 21.4 Å². The molecular formula is C11H9ClN3O6S2. The standard InChI is InChI=1S/C11H9ClN3O6S2/c12-7-4-9-8(3-6(7)5-13)14-11(15-9)10(23(19,20)21)1-2-22(16,17)18/h4,10H,1-2H2,(H,14,15)(H,16,17,18)(H,19,20,21). The molecule has 0 bridgehead atoms. The molecule has 12 heteroatoms. The van der Waals surface area contributed by atoms with Gasteiger partial charge in [0.2, 0.25) is 0 Å². The molecule has 2 rings (SSSR count). The smallest absolute Gasteiger partial charge is 0.275 e. The lowest BCUT2D eigenvalue weighted by atomic mass is 10.2. The maximum atomic E-state index is 11.4. The molecule has 9 nitrogen and oxygen atoms in total. The fraction of sp³-hybridized carbons (Fsp3) is 0.273. The largest absolute Gasteiger partial charge is 0.341 e. The number of hydrogen-bond donors (Lipinski definition) is 3. The minimum absolute atomic E-state index is 0.00133. The summed E-state index contributed by atoms with van der Waals surface area (Å²) in [5.41, 5.74) is 0.351. The summed E-state index contributed by atoms with van der Waals surface area (Å²) in [7, 11) is -9.12. The Bertz CT molecular complexity index is 1010. The van der Waals surface area contributed by atoms with E-state index < -0.39 is 37.7 Å². The summed E-state index contributed by atoms with van der Waals surface area (Å²) in [4.78, 5) is 6.47. The van der Waals surface area contributed by atoms with Crippen molar-refractivity contribution in [1.82, 2.24) is 9.97 Å². The Kier molecular flexibility index (Phi) is 4.65. The molecule has 0 aliphatic rings. The normalized spacial score (nSPS) is 13.8. The van der Waals surface area contributed by atoms with Gasteiger partial charge in [0.15, 0.2) is 0 Å². The van der Waals surface area contributed by atoms with Gasteiger partial charge in [-0.25, -0.2) is 4.98 Å². The van der Waals surface area contributed by atoms with E-state index >= 15 is 0 Å². The van der Waals surface area contributed by atoms with Gasteiger partial charge in [0.05, 0.1) is 27.4 Å². The first-order chi connectivity index (χ1) is 10.5. The fourth-order valence-corrected chi connectivity index (χ4v) is 3.59. The molecule has 2 aromatic rings. The molecular weight excluding hydrogens is 370 g/mol. The first-order valence-corrected chi connectivity index (χ1v) is 9.43. The van der Waals surface area contributed by atoms with E-state index in [4.69, 9.17) is 21.4 Å². The Morgan fingerprint density at radius 3 is 2.57 bits per heavy atom. The maximum Gasteiger partial charge on any atom is 0.275 e. The molecule has 23 heavy (non-hydrogen) atoms. The quantitative estimate of drug-likeness (QED) is 0.651. The Labute approximate surface area is 136 Å². The van der Waals surface area contributed by atoms with Crippen molar-refractivity contribution in [3.8, 4) is 6.07 Å². The third-order valence-electron chi connectivity index (χ3n) is 2.92. The third-order valence-corrected chi connectivity index (χ3v) is 5.15. The molecule has 0 aliphatic heterocycles. The molecule has 1 radical (unpaired) electrons. The predicted octanol–water partition coefficient (Wildman–Crippen LogP) is 1.09. The van der Waals surface area contributed by atoms with Gasteiger partial charge in [-0.2, -0.15) is 22.1 Å². The molecule has 0 aliphatic carbocycles. The minimum Gasteiger partial charge on any atom is -0.341 e. The van der Waals surface area contributed by atoms with Crippen molar-refractivity contribution in [3.05, 3.63) is 28.5 Å². The van der Waals surface area contributed by atoms with E-state index in [-0.39, 0.29) is 27.4 Å². The topological polar surface area (TPSA) is 161 Å². The highest BCUT2D eigenvalue weighted by Crippen LogP contribution is 2.28. The lowest BCUT2D eigenvalue weighted by Crippen LogP contribution is -2.18. The van der Waals surface area contributed by atoms with Gasteiger partial charge in [-0.3, -0.25) is 9.11 Å². The highest BCUT2D eigenvalue weighted by atomic mass is 35.5. The minimum atomic E-state index is -4.70. The van der Waals surface area contributed by atoms with Gasteiger partial charge < -0.3 is 4.98 Å². The van der Waals surface area contributed by atoms with Gasteiger partial charge >= 0.3 is 0 Å². The lowest BCUT2D eigenvalue weighted by molar-refractivity contribution is 0.459. The number of nitriles is 1. The number of rotatable bonds is 5. The summed E-state index contributed by atoms with van der Waals surface area (Å²) in [6.45, 7) is 0. The summed E-state index contributed by atoms with van der Waals surface area (Å²) >= 11 is 5.82. The molecule has 0 saturated carbocycles. The van der Waals surface area contributed by atoms with Crippen LogP contribution in [0.4, 0.5) is 0 Å². The molecule has 1 unspecified atom stereocenters. The number of aromatic nitrogens is 2. The van der Waals surface area contributed by atoms with Gasteiger partial charge in [-0.05, 0) is 12.5 Å². The molecule has 0 spiro atoms. The number of aromatic amines is 1. The summed E-state index contributed by atoms with van der Waals surface area (Å²) < 4.78 is 62.4. The molecule has 1 atom stereocenters. The van der Waals surface area contributed by atoms with E-state index in [1.54, 1.807) is 6.07 Å². The van der Waals surface area contributed by atoms with Gasteiger partial charge in [-0.1, -0.05) is 11.6 Å². The van der Waals surface area contributed by atoms with Crippen LogP contribution in [0.25, 0.3) is 11.0 Å². The highest BCUT2D eigenvalue weighted by molar-refractivity contribution is 7.86. The predicted molar refractivity (Wildman–Crippen MR) is 80.0 cm³/mol. The average Bonchev–Trinajstić information content (AvgIpc) is 2.76. The molecule has 1 aromatic carbocycles. The number of hydrogen-bond acceptors (Lipinski definition) is 6. The van der Waals surface area contributed by atoms with Gasteiger partial charge in [-0.15, -0.1) is 0 Å². The van der Waals surface area contributed by atoms with E-state index in [2.05, 4.69) is 16.0 Å². The Morgan fingerprint density at radius 1 is 1.39 bits per heavy atom. The lowest BCUT2D eigenvalue weighted by Gasteiger charge is -2.09. The van der Waals surface area contributed by atoms with Crippen LogP contribution in [0.15, 0.2) is 6.07 Å². The van der Waals surface area contributed by atoms with E-state index in [0.717, 1.165) is 0 Å². The van der Waals surface area contributed by atoms with Crippen molar-refractivity contribution in [3.63, 3.8) is 0 Å². The molecule has 1 heterocycles. The van der Waals surface area contributed by atoms with Crippen molar-refractivity contribution < 1.29 is 25.9 Å². The SMILES string of the molecule is N#Cc1[c]c2nc(C(CCS(=O)(=O)O)S(=O)(=O)O)[nH]c2cc1Cl. The van der Waals surface area contributed by atoms with Crippen LogP contribution in [0.5, 0.6) is 0 Å². The molecule has 0 fully saturated rings. The van der Waals surface area contributed by atoms with Gasteiger partial charge in [0.25, 0.3) is 20.2 Å². The molecule has 3 N–H and O–H groups in total. The number of nitrogens with zero attached hydrogens (tertiary/aromatic N) is 2. The zero-order valence-corrected chi connectivity index (χ0v) is 13.6. The zero-order chi connectivity index (χ0) is 17.4. The summed E-state index contributed by atoms with van der Waals surface area (Å²) in [6.07, 6.45) is -0.615. The third kappa shape index (κ3) is 4.18. The first-order valence-electron chi connectivity index (χ1n) is 5.94. The van der Waals surface area contributed by atoms with Gasteiger partial charge in [0, 0.05) is 6.07 Å². The zero-order valence-electron chi connectivity index (χ0n) is 11.2. The van der Waals surface area contributed by atoms with Crippen LogP contribution in [0.3, 0.4) is 0 Å². The Morgan fingerprint density at radius 2 is 2.04 bits per heavy atom. The van der Waals surface area contributed by atoms with Crippen molar-refractivity contribution in [2.45, 2.75) is 11.7 Å². The second-order valence-electron chi connectivity index (χ2n) is 4.57. The number of halogens is 1. The number of nitrogens with one attached hydrogen (secondary N) is 1. The molecule has 0 saturated heterocycles. The average molecular weight is 379 g/mol. The Hall–Kier alpha value is -1.71.